The maximum Gasteiger partial charge on any atom is 0.224 e. The monoisotopic (exact) mass is 236 g/mol. The maximum atomic E-state index is 11.9. The van der Waals surface area contributed by atoms with Crippen LogP contribution < -0.4 is 10.6 Å². The highest BCUT2D eigenvalue weighted by molar-refractivity contribution is 5.78. The minimum absolute atomic E-state index is 0.215. The summed E-state index contributed by atoms with van der Waals surface area (Å²) >= 11 is 0. The second-order valence-corrected chi connectivity index (χ2v) is 5.25. The SMILES string of the molecule is O=C(CC1=CCCCC1)NC1CCCCNC1. The molecular formula is C14H24N2O. The van der Waals surface area contributed by atoms with Crippen LogP contribution in [0.5, 0.6) is 0 Å². The number of hydrogen-bond donors (Lipinski definition) is 2. The van der Waals surface area contributed by atoms with E-state index in [0.29, 0.717) is 12.5 Å². The van der Waals surface area contributed by atoms with Gasteiger partial charge in [-0.2, -0.15) is 0 Å². The lowest BCUT2D eigenvalue weighted by atomic mass is 9.97. The molecule has 0 radical (unpaired) electrons. The molecule has 1 unspecified atom stereocenters. The zero-order valence-electron chi connectivity index (χ0n) is 10.6. The van der Waals surface area contributed by atoms with Crippen LogP contribution in [0.1, 0.15) is 51.4 Å². The number of rotatable bonds is 3. The molecule has 0 spiro atoms. The van der Waals surface area contributed by atoms with E-state index in [2.05, 4.69) is 16.7 Å². The Hall–Kier alpha value is -0.830. The molecule has 1 fully saturated rings. The lowest BCUT2D eigenvalue weighted by molar-refractivity contribution is -0.121. The molecule has 3 nitrogen and oxygen atoms in total. The molecule has 1 atom stereocenters. The first-order valence-electron chi connectivity index (χ1n) is 7.02. The van der Waals surface area contributed by atoms with Crippen LogP contribution in [-0.2, 0) is 4.79 Å². The first-order chi connectivity index (χ1) is 8.34. The van der Waals surface area contributed by atoms with Gasteiger partial charge in [0, 0.05) is 19.0 Å². The number of nitrogens with one attached hydrogen (secondary N) is 2. The fourth-order valence-corrected chi connectivity index (χ4v) is 2.69. The first kappa shape index (κ1) is 12.6. The Morgan fingerprint density at radius 3 is 3.12 bits per heavy atom. The zero-order chi connectivity index (χ0) is 11.9. The predicted octanol–water partition coefficient (Wildman–Crippen LogP) is 2.14. The van der Waals surface area contributed by atoms with Crippen molar-refractivity contribution in [2.24, 2.45) is 0 Å². The fraction of sp³-hybridized carbons (Fsp3) is 0.786. The fourth-order valence-electron chi connectivity index (χ4n) is 2.69. The highest BCUT2D eigenvalue weighted by atomic mass is 16.1. The van der Waals surface area contributed by atoms with Crippen LogP contribution in [0.25, 0.3) is 0 Å². The van der Waals surface area contributed by atoms with Crippen molar-refractivity contribution in [1.82, 2.24) is 10.6 Å². The van der Waals surface area contributed by atoms with Gasteiger partial charge >= 0.3 is 0 Å². The summed E-state index contributed by atoms with van der Waals surface area (Å²) in [7, 11) is 0. The molecule has 0 aromatic carbocycles. The standard InChI is InChI=1S/C14H24N2O/c17-14(10-12-6-2-1-3-7-12)16-13-8-4-5-9-15-11-13/h6,13,15H,1-5,7-11H2,(H,16,17). The molecule has 0 bridgehead atoms. The van der Waals surface area contributed by atoms with E-state index in [-0.39, 0.29) is 5.91 Å². The molecule has 2 rings (SSSR count). The van der Waals surface area contributed by atoms with Gasteiger partial charge in [0.2, 0.25) is 5.91 Å². The van der Waals surface area contributed by atoms with Crippen molar-refractivity contribution in [1.29, 1.82) is 0 Å². The smallest absolute Gasteiger partial charge is 0.224 e. The van der Waals surface area contributed by atoms with Gasteiger partial charge in [-0.3, -0.25) is 4.79 Å². The van der Waals surface area contributed by atoms with Gasteiger partial charge in [-0.15, -0.1) is 0 Å². The van der Waals surface area contributed by atoms with Crippen molar-refractivity contribution < 1.29 is 4.79 Å². The predicted molar refractivity (Wildman–Crippen MR) is 69.8 cm³/mol. The summed E-state index contributed by atoms with van der Waals surface area (Å²) in [6.45, 7) is 2.03. The number of allylic oxidation sites excluding steroid dienone is 1. The number of carbonyl (C=O) groups excluding carboxylic acids is 1. The molecule has 3 heteroatoms. The molecule has 1 amide bonds. The molecule has 2 aliphatic rings. The summed E-state index contributed by atoms with van der Waals surface area (Å²) in [5, 5.41) is 6.54. The van der Waals surface area contributed by atoms with Gasteiger partial charge in [-0.05, 0) is 45.1 Å². The summed E-state index contributed by atoms with van der Waals surface area (Å²) in [5.74, 6) is 0.215. The van der Waals surface area contributed by atoms with E-state index in [1.54, 1.807) is 0 Å². The second kappa shape index (κ2) is 6.80. The Morgan fingerprint density at radius 2 is 2.29 bits per heavy atom. The lowest BCUT2D eigenvalue weighted by Crippen LogP contribution is -2.40. The molecule has 17 heavy (non-hydrogen) atoms. The summed E-state index contributed by atoms with van der Waals surface area (Å²) in [6, 6.07) is 0.342. The highest BCUT2D eigenvalue weighted by Gasteiger charge is 2.15. The van der Waals surface area contributed by atoms with Crippen molar-refractivity contribution >= 4 is 5.91 Å². The molecule has 0 aromatic rings. The van der Waals surface area contributed by atoms with E-state index < -0.39 is 0 Å². The molecule has 1 aliphatic heterocycles. The van der Waals surface area contributed by atoms with Gasteiger partial charge in [-0.1, -0.05) is 18.1 Å². The first-order valence-corrected chi connectivity index (χ1v) is 7.02. The van der Waals surface area contributed by atoms with Crippen molar-refractivity contribution in [2.45, 2.75) is 57.4 Å². The van der Waals surface area contributed by atoms with Gasteiger partial charge in [0.05, 0.1) is 0 Å². The Kier molecular flexibility index (Phi) is 5.05. The third-order valence-electron chi connectivity index (χ3n) is 3.68. The van der Waals surface area contributed by atoms with Crippen LogP contribution in [0.15, 0.2) is 11.6 Å². The van der Waals surface area contributed by atoms with Gasteiger partial charge in [0.1, 0.15) is 0 Å². The number of carbonyl (C=O) groups is 1. The second-order valence-electron chi connectivity index (χ2n) is 5.25. The number of hydrogen-bond acceptors (Lipinski definition) is 2. The molecule has 0 aromatic heterocycles. The third-order valence-corrected chi connectivity index (χ3v) is 3.68. The van der Waals surface area contributed by atoms with Crippen molar-refractivity contribution in [3.8, 4) is 0 Å². The minimum atomic E-state index is 0.215. The van der Waals surface area contributed by atoms with Gasteiger partial charge < -0.3 is 10.6 Å². The van der Waals surface area contributed by atoms with Gasteiger partial charge in [0.25, 0.3) is 0 Å². The molecule has 2 N–H and O–H groups in total. The van der Waals surface area contributed by atoms with Gasteiger partial charge in [-0.25, -0.2) is 0 Å². The van der Waals surface area contributed by atoms with Crippen LogP contribution >= 0.6 is 0 Å². The topological polar surface area (TPSA) is 41.1 Å². The van der Waals surface area contributed by atoms with Crippen LogP contribution in [0, 0.1) is 0 Å². The van der Waals surface area contributed by atoms with Crippen LogP contribution in [0.3, 0.4) is 0 Å². The summed E-state index contributed by atoms with van der Waals surface area (Å²) < 4.78 is 0. The van der Waals surface area contributed by atoms with Crippen LogP contribution in [0.2, 0.25) is 0 Å². The van der Waals surface area contributed by atoms with E-state index in [0.717, 1.165) is 32.4 Å². The molecular weight excluding hydrogens is 212 g/mol. The van der Waals surface area contributed by atoms with E-state index >= 15 is 0 Å². The van der Waals surface area contributed by atoms with Crippen molar-refractivity contribution in [3.63, 3.8) is 0 Å². The third kappa shape index (κ3) is 4.50. The van der Waals surface area contributed by atoms with E-state index in [4.69, 9.17) is 0 Å². The Labute approximate surface area is 104 Å². The van der Waals surface area contributed by atoms with Gasteiger partial charge in [0.15, 0.2) is 0 Å². The maximum absolute atomic E-state index is 11.9. The molecule has 1 heterocycles. The summed E-state index contributed by atoms with van der Waals surface area (Å²) in [5.41, 5.74) is 1.34. The van der Waals surface area contributed by atoms with Crippen molar-refractivity contribution in [2.75, 3.05) is 13.1 Å². The largest absolute Gasteiger partial charge is 0.352 e. The average Bonchev–Trinajstić information content (AvgIpc) is 2.59. The molecule has 1 saturated heterocycles. The Bertz CT molecular complexity index is 278. The number of amides is 1. The van der Waals surface area contributed by atoms with E-state index in [9.17, 15) is 4.79 Å². The molecule has 96 valence electrons. The average molecular weight is 236 g/mol. The highest BCUT2D eigenvalue weighted by Crippen LogP contribution is 2.20. The zero-order valence-corrected chi connectivity index (χ0v) is 10.6. The quantitative estimate of drug-likeness (QED) is 0.737. The van der Waals surface area contributed by atoms with Crippen LogP contribution in [0.4, 0.5) is 0 Å². The normalized spacial score (nSPS) is 25.9. The minimum Gasteiger partial charge on any atom is -0.352 e. The summed E-state index contributed by atoms with van der Waals surface area (Å²) in [6.07, 6.45) is 11.3. The van der Waals surface area contributed by atoms with E-state index in [1.807, 2.05) is 0 Å². The van der Waals surface area contributed by atoms with E-state index in [1.165, 1.54) is 31.3 Å². The van der Waals surface area contributed by atoms with Crippen molar-refractivity contribution in [3.05, 3.63) is 11.6 Å². The Morgan fingerprint density at radius 1 is 1.35 bits per heavy atom. The summed E-state index contributed by atoms with van der Waals surface area (Å²) in [4.78, 5) is 11.9. The Balaban J connectivity index is 1.73. The molecule has 1 aliphatic carbocycles. The van der Waals surface area contributed by atoms with Crippen LogP contribution in [-0.4, -0.2) is 25.0 Å². The molecule has 0 saturated carbocycles. The lowest BCUT2D eigenvalue weighted by Gasteiger charge is -2.18.